The zero-order valence-electron chi connectivity index (χ0n) is 13.2. The van der Waals surface area contributed by atoms with Crippen LogP contribution in [0.1, 0.15) is 12.8 Å². The van der Waals surface area contributed by atoms with Gasteiger partial charge in [0.2, 0.25) is 5.91 Å². The van der Waals surface area contributed by atoms with Gasteiger partial charge in [0.25, 0.3) is 0 Å². The molecule has 2 N–H and O–H groups in total. The van der Waals surface area contributed by atoms with Crippen LogP contribution >= 0.6 is 11.6 Å². The SMILES string of the molecule is C#CCN1C(=O)CCC2=CC(F)C(N)(N=Nc3ccc(Cl)cn3)C=C21. The summed E-state index contributed by atoms with van der Waals surface area (Å²) in [5.74, 6) is 2.55. The molecule has 1 fully saturated rings. The second kappa shape index (κ2) is 6.75. The molecule has 2 unspecified atom stereocenters. The average Bonchev–Trinajstić information content (AvgIpc) is 2.59. The Hall–Kier alpha value is -2.56. The lowest BCUT2D eigenvalue weighted by molar-refractivity contribution is -0.129. The van der Waals surface area contributed by atoms with Crippen molar-refractivity contribution in [3.63, 3.8) is 0 Å². The molecule has 6 nitrogen and oxygen atoms in total. The van der Waals surface area contributed by atoms with Crippen molar-refractivity contribution in [1.82, 2.24) is 9.88 Å². The first-order chi connectivity index (χ1) is 11.9. The van der Waals surface area contributed by atoms with Gasteiger partial charge in [-0.1, -0.05) is 17.5 Å². The number of azo groups is 1. The zero-order valence-corrected chi connectivity index (χ0v) is 13.9. The van der Waals surface area contributed by atoms with Gasteiger partial charge in [-0.25, -0.2) is 9.37 Å². The van der Waals surface area contributed by atoms with Crippen molar-refractivity contribution in [1.29, 1.82) is 0 Å². The molecular weight excluding hydrogens is 345 g/mol. The molecule has 25 heavy (non-hydrogen) atoms. The Labute approximate surface area is 149 Å². The summed E-state index contributed by atoms with van der Waals surface area (Å²) in [6.45, 7) is 0.0882. The van der Waals surface area contributed by atoms with Crippen LogP contribution in [0.3, 0.4) is 0 Å². The molecule has 2 heterocycles. The Morgan fingerprint density at radius 1 is 1.52 bits per heavy atom. The summed E-state index contributed by atoms with van der Waals surface area (Å²) in [5.41, 5.74) is 5.54. The summed E-state index contributed by atoms with van der Waals surface area (Å²) >= 11 is 5.76. The normalized spacial score (nSPS) is 26.1. The van der Waals surface area contributed by atoms with Crippen molar-refractivity contribution in [3.05, 3.63) is 46.8 Å². The molecular formula is C17H15ClFN5O. The van der Waals surface area contributed by atoms with Gasteiger partial charge >= 0.3 is 0 Å². The molecule has 0 bridgehead atoms. The van der Waals surface area contributed by atoms with Gasteiger partial charge in [-0.15, -0.1) is 11.5 Å². The van der Waals surface area contributed by atoms with E-state index in [1.165, 1.54) is 29.3 Å². The Morgan fingerprint density at radius 2 is 2.32 bits per heavy atom. The first-order valence-corrected chi connectivity index (χ1v) is 7.96. The van der Waals surface area contributed by atoms with Gasteiger partial charge < -0.3 is 4.90 Å². The second-order valence-electron chi connectivity index (χ2n) is 5.73. The maximum absolute atomic E-state index is 14.6. The Balaban J connectivity index is 1.94. The van der Waals surface area contributed by atoms with E-state index in [-0.39, 0.29) is 24.7 Å². The first-order valence-electron chi connectivity index (χ1n) is 7.58. The van der Waals surface area contributed by atoms with E-state index in [1.54, 1.807) is 6.07 Å². The number of rotatable bonds is 3. The minimum absolute atomic E-state index is 0.0882. The third-order valence-corrected chi connectivity index (χ3v) is 4.20. The van der Waals surface area contributed by atoms with Crippen molar-refractivity contribution in [2.75, 3.05) is 6.54 Å². The van der Waals surface area contributed by atoms with E-state index in [9.17, 15) is 9.18 Å². The van der Waals surface area contributed by atoms with Crippen molar-refractivity contribution in [2.24, 2.45) is 16.0 Å². The van der Waals surface area contributed by atoms with Crippen LogP contribution in [-0.4, -0.2) is 34.2 Å². The van der Waals surface area contributed by atoms with E-state index in [0.717, 1.165) is 0 Å². The lowest BCUT2D eigenvalue weighted by Crippen LogP contribution is -2.49. The van der Waals surface area contributed by atoms with Gasteiger partial charge in [-0.2, -0.15) is 5.11 Å². The van der Waals surface area contributed by atoms with Crippen molar-refractivity contribution in [3.8, 4) is 12.3 Å². The number of amides is 1. The van der Waals surface area contributed by atoms with Crippen molar-refractivity contribution >= 4 is 23.3 Å². The van der Waals surface area contributed by atoms with Crippen LogP contribution < -0.4 is 5.73 Å². The fraction of sp³-hybridized carbons (Fsp3) is 0.294. The maximum atomic E-state index is 14.6. The largest absolute Gasteiger partial charge is 0.301 e. The number of terminal acetylenes is 1. The van der Waals surface area contributed by atoms with Crippen molar-refractivity contribution in [2.45, 2.75) is 24.7 Å². The van der Waals surface area contributed by atoms with Crippen LogP contribution in [0.4, 0.5) is 10.2 Å². The number of allylic oxidation sites excluding steroid dienone is 1. The van der Waals surface area contributed by atoms with E-state index in [4.69, 9.17) is 23.8 Å². The van der Waals surface area contributed by atoms with Gasteiger partial charge in [-0.3, -0.25) is 10.5 Å². The number of halogens is 2. The summed E-state index contributed by atoms with van der Waals surface area (Å²) in [6.07, 6.45) is 8.65. The van der Waals surface area contributed by atoms with Gasteiger partial charge in [-0.05, 0) is 36.3 Å². The molecule has 2 atom stereocenters. The van der Waals surface area contributed by atoms with E-state index in [1.807, 2.05) is 0 Å². The molecule has 1 aromatic rings. The number of nitrogens with two attached hydrogens (primary N) is 1. The molecule has 1 saturated heterocycles. The van der Waals surface area contributed by atoms with E-state index < -0.39 is 11.8 Å². The third kappa shape index (κ3) is 3.45. The fourth-order valence-corrected chi connectivity index (χ4v) is 2.79. The number of carbonyl (C=O) groups is 1. The molecule has 1 aromatic heterocycles. The molecule has 0 radical (unpaired) electrons. The summed E-state index contributed by atoms with van der Waals surface area (Å²) < 4.78 is 14.6. The second-order valence-corrected chi connectivity index (χ2v) is 6.17. The molecule has 3 rings (SSSR count). The lowest BCUT2D eigenvalue weighted by atomic mass is 9.88. The highest BCUT2D eigenvalue weighted by Gasteiger charge is 2.40. The molecule has 1 aliphatic heterocycles. The van der Waals surface area contributed by atoms with Crippen LogP contribution in [0, 0.1) is 12.3 Å². The maximum Gasteiger partial charge on any atom is 0.228 e. The third-order valence-electron chi connectivity index (χ3n) is 3.97. The minimum Gasteiger partial charge on any atom is -0.301 e. The van der Waals surface area contributed by atoms with E-state index in [2.05, 4.69) is 21.1 Å². The number of hydrogen-bond acceptors (Lipinski definition) is 5. The number of carbonyl (C=O) groups excluding carboxylic acids is 1. The number of aromatic nitrogens is 1. The lowest BCUT2D eigenvalue weighted by Gasteiger charge is -2.36. The molecule has 8 heteroatoms. The summed E-state index contributed by atoms with van der Waals surface area (Å²) in [4.78, 5) is 17.5. The fourth-order valence-electron chi connectivity index (χ4n) is 2.67. The Bertz CT molecular complexity index is 826. The van der Waals surface area contributed by atoms with Gasteiger partial charge in [0, 0.05) is 18.3 Å². The highest BCUT2D eigenvalue weighted by Crippen LogP contribution is 2.36. The molecule has 0 spiro atoms. The number of hydrogen-bond donors (Lipinski definition) is 1. The summed E-state index contributed by atoms with van der Waals surface area (Å²) in [6, 6.07) is 3.12. The number of likely N-dealkylation sites (tertiary alicyclic amines) is 1. The predicted octanol–water partition coefficient (Wildman–Crippen LogP) is 2.89. The molecule has 128 valence electrons. The number of piperidine rings is 1. The summed E-state index contributed by atoms with van der Waals surface area (Å²) in [5, 5.41) is 8.26. The van der Waals surface area contributed by atoms with Gasteiger partial charge in [0.1, 0.15) is 0 Å². The average molecular weight is 360 g/mol. The number of pyridine rings is 1. The topological polar surface area (TPSA) is 83.9 Å². The van der Waals surface area contributed by atoms with E-state index >= 15 is 0 Å². The molecule has 1 aliphatic carbocycles. The van der Waals surface area contributed by atoms with Crippen molar-refractivity contribution < 1.29 is 9.18 Å². The van der Waals surface area contributed by atoms with Crippen LogP contribution in [0.5, 0.6) is 0 Å². The van der Waals surface area contributed by atoms with Crippen LogP contribution in [0.25, 0.3) is 0 Å². The van der Waals surface area contributed by atoms with E-state index in [0.29, 0.717) is 22.7 Å². The highest BCUT2D eigenvalue weighted by molar-refractivity contribution is 6.30. The van der Waals surface area contributed by atoms with Crippen LogP contribution in [-0.2, 0) is 4.79 Å². The van der Waals surface area contributed by atoms with Gasteiger partial charge in [0.05, 0.1) is 11.6 Å². The summed E-state index contributed by atoms with van der Waals surface area (Å²) in [7, 11) is 0. The minimum atomic E-state index is -1.75. The quantitative estimate of drug-likeness (QED) is 0.665. The number of nitrogens with zero attached hydrogens (tertiary/aromatic N) is 4. The smallest absolute Gasteiger partial charge is 0.228 e. The Kier molecular flexibility index (Phi) is 4.66. The van der Waals surface area contributed by atoms with Crippen LogP contribution in [0.2, 0.25) is 5.02 Å². The first kappa shape index (κ1) is 17.3. The monoisotopic (exact) mass is 359 g/mol. The van der Waals surface area contributed by atoms with Crippen LogP contribution in [0.15, 0.2) is 52.0 Å². The predicted molar refractivity (Wildman–Crippen MR) is 91.5 cm³/mol. The molecule has 0 aromatic carbocycles. The van der Waals surface area contributed by atoms with Gasteiger partial charge in [0.15, 0.2) is 17.7 Å². The Morgan fingerprint density at radius 3 is 3.00 bits per heavy atom. The number of alkyl halides is 1. The standard InChI is InChI=1S/C17H15ClFN5O/c1-2-7-24-13-9-17(20,14(19)8-11(13)3-6-16(24)25)23-22-15-5-4-12(18)10-21-15/h1,4-5,8-10,14H,3,6-7,20H2. The molecule has 0 saturated carbocycles. The zero-order chi connectivity index (χ0) is 18.0. The molecule has 2 aliphatic rings. The number of fused-ring (bicyclic) bond motifs is 1. The molecule has 1 amide bonds. The highest BCUT2D eigenvalue weighted by atomic mass is 35.5.